The largest absolute Gasteiger partial charge is 0.456 e. The summed E-state index contributed by atoms with van der Waals surface area (Å²) in [7, 11) is 0. The Balaban J connectivity index is 1.01. The van der Waals surface area contributed by atoms with Gasteiger partial charge in [-0.3, -0.25) is 0 Å². The second kappa shape index (κ2) is 10.7. The number of para-hydroxylation sites is 3. The van der Waals surface area contributed by atoms with E-state index in [1.807, 2.05) is 11.3 Å². The van der Waals surface area contributed by atoms with Gasteiger partial charge in [0.15, 0.2) is 0 Å². The summed E-state index contributed by atoms with van der Waals surface area (Å²) in [4.78, 5) is 0. The monoisotopic (exact) mass is 694 g/mol. The molecule has 4 aromatic heterocycles. The van der Waals surface area contributed by atoms with Crippen molar-refractivity contribution in [2.75, 3.05) is 0 Å². The lowest BCUT2D eigenvalue weighted by Crippen LogP contribution is -1.93. The van der Waals surface area contributed by atoms with E-state index in [4.69, 9.17) is 4.42 Å². The zero-order chi connectivity index (χ0) is 34.8. The number of furan rings is 1. The molecule has 12 rings (SSSR count). The number of aromatic nitrogens is 2. The van der Waals surface area contributed by atoms with E-state index in [0.717, 1.165) is 27.6 Å². The zero-order valence-corrected chi connectivity index (χ0v) is 29.6. The van der Waals surface area contributed by atoms with Crippen LogP contribution in [0.15, 0.2) is 168 Å². The summed E-state index contributed by atoms with van der Waals surface area (Å²) in [6, 6.07) is 60.0. The smallest absolute Gasteiger partial charge is 0.135 e. The standard InChI is InChI=1S/C49H30N2OS/c1-29-14-19-45-37(24-29)36-10-4-7-13-44(36)51(45)32-17-21-47-39(27-32)38-25-30(15-20-46(38)52-47)31-16-22-48-40(26-31)41-28-33(18-23-49(41)53-48)50-42-11-5-2-8-34(42)35-9-3-6-12-43(35)50/h2-28H,1H3. The summed E-state index contributed by atoms with van der Waals surface area (Å²) >= 11 is 1.86. The highest BCUT2D eigenvalue weighted by Gasteiger charge is 2.17. The van der Waals surface area contributed by atoms with Crippen LogP contribution in [0.4, 0.5) is 0 Å². The number of hydrogen-bond acceptors (Lipinski definition) is 2. The van der Waals surface area contributed by atoms with Crippen molar-refractivity contribution < 1.29 is 4.42 Å². The first-order valence-corrected chi connectivity index (χ1v) is 18.9. The molecule has 0 N–H and O–H groups in total. The fourth-order valence-corrected chi connectivity index (χ4v) is 9.80. The molecule has 0 aliphatic carbocycles. The van der Waals surface area contributed by atoms with Gasteiger partial charge in [-0.25, -0.2) is 0 Å². The van der Waals surface area contributed by atoms with Crippen molar-refractivity contribution in [3.63, 3.8) is 0 Å². The highest BCUT2D eigenvalue weighted by atomic mass is 32.1. The first-order valence-electron chi connectivity index (χ1n) is 18.1. The summed E-state index contributed by atoms with van der Waals surface area (Å²) in [5, 5.41) is 9.91. The Labute approximate surface area is 308 Å². The number of aryl methyl sites for hydroxylation is 1. The van der Waals surface area contributed by atoms with Gasteiger partial charge in [0.1, 0.15) is 11.2 Å². The van der Waals surface area contributed by atoms with E-state index in [1.165, 1.54) is 86.2 Å². The van der Waals surface area contributed by atoms with Gasteiger partial charge < -0.3 is 13.6 Å². The summed E-state index contributed by atoms with van der Waals surface area (Å²) in [6.45, 7) is 2.16. The maximum absolute atomic E-state index is 6.42. The molecule has 0 saturated heterocycles. The molecule has 53 heavy (non-hydrogen) atoms. The Bertz CT molecular complexity index is 3430. The number of thiophene rings is 1. The number of benzene rings is 8. The van der Waals surface area contributed by atoms with E-state index >= 15 is 0 Å². The lowest BCUT2D eigenvalue weighted by Gasteiger charge is -2.09. The lowest BCUT2D eigenvalue weighted by atomic mass is 10.0. The van der Waals surface area contributed by atoms with Crippen LogP contribution in [0.3, 0.4) is 0 Å². The molecule has 0 amide bonds. The van der Waals surface area contributed by atoms with Crippen LogP contribution in [0.1, 0.15) is 5.56 Å². The molecule has 12 aromatic rings. The minimum absolute atomic E-state index is 0.898. The molecule has 3 nitrogen and oxygen atoms in total. The second-order valence-corrected chi connectivity index (χ2v) is 15.3. The van der Waals surface area contributed by atoms with E-state index in [1.54, 1.807) is 0 Å². The van der Waals surface area contributed by atoms with Gasteiger partial charge in [0, 0.05) is 63.9 Å². The van der Waals surface area contributed by atoms with E-state index in [2.05, 4.69) is 180 Å². The Morgan fingerprint density at radius 1 is 0.377 bits per heavy atom. The van der Waals surface area contributed by atoms with Gasteiger partial charge in [0.25, 0.3) is 0 Å². The predicted molar refractivity (Wildman–Crippen MR) is 225 cm³/mol. The molecular formula is C49H30N2OS. The first kappa shape index (κ1) is 29.0. The Morgan fingerprint density at radius 3 is 1.53 bits per heavy atom. The second-order valence-electron chi connectivity index (χ2n) is 14.2. The summed E-state index contributed by atoms with van der Waals surface area (Å²) in [6.07, 6.45) is 0. The highest BCUT2D eigenvalue weighted by Crippen LogP contribution is 2.41. The van der Waals surface area contributed by atoms with Gasteiger partial charge >= 0.3 is 0 Å². The van der Waals surface area contributed by atoms with E-state index in [-0.39, 0.29) is 0 Å². The molecule has 0 unspecified atom stereocenters. The number of hydrogen-bond donors (Lipinski definition) is 0. The third-order valence-corrected chi connectivity index (χ3v) is 12.3. The number of nitrogens with zero attached hydrogens (tertiary/aromatic N) is 2. The average Bonchev–Trinajstić information content (AvgIpc) is 3.94. The minimum Gasteiger partial charge on any atom is -0.456 e. The fourth-order valence-electron chi connectivity index (χ4n) is 8.73. The maximum Gasteiger partial charge on any atom is 0.135 e. The van der Waals surface area contributed by atoms with Crippen molar-refractivity contribution in [1.82, 2.24) is 9.13 Å². The Kier molecular flexibility index (Phi) is 5.86. The van der Waals surface area contributed by atoms with Crippen molar-refractivity contribution >= 4 is 97.1 Å². The van der Waals surface area contributed by atoms with Crippen LogP contribution in [0.2, 0.25) is 0 Å². The quantitative estimate of drug-likeness (QED) is 0.181. The van der Waals surface area contributed by atoms with Gasteiger partial charge in [0.2, 0.25) is 0 Å². The van der Waals surface area contributed by atoms with Gasteiger partial charge in [-0.2, -0.15) is 0 Å². The summed E-state index contributed by atoms with van der Waals surface area (Å²) in [5.74, 6) is 0. The third kappa shape index (κ3) is 4.15. The SMILES string of the molecule is Cc1ccc2c(c1)c1ccccc1n2-c1ccc2oc3ccc(-c4ccc5sc6ccc(-n7c8ccccc8c8ccccc87)cc6c5c4)cc3c2c1. The highest BCUT2D eigenvalue weighted by molar-refractivity contribution is 7.25. The van der Waals surface area contributed by atoms with Crippen molar-refractivity contribution in [1.29, 1.82) is 0 Å². The molecule has 4 heteroatoms. The van der Waals surface area contributed by atoms with Crippen LogP contribution in [0.5, 0.6) is 0 Å². The third-order valence-electron chi connectivity index (χ3n) is 11.2. The molecule has 0 radical (unpaired) electrons. The topological polar surface area (TPSA) is 23.0 Å². The summed E-state index contributed by atoms with van der Waals surface area (Å²) in [5.41, 5.74) is 12.6. The first-order chi connectivity index (χ1) is 26.2. The van der Waals surface area contributed by atoms with E-state index in [9.17, 15) is 0 Å². The van der Waals surface area contributed by atoms with Crippen molar-refractivity contribution in [3.05, 3.63) is 169 Å². The van der Waals surface area contributed by atoms with Crippen LogP contribution in [0.25, 0.3) is 108 Å². The van der Waals surface area contributed by atoms with Crippen LogP contribution in [0, 0.1) is 6.92 Å². The molecule has 0 bridgehead atoms. The minimum atomic E-state index is 0.898. The number of fused-ring (bicyclic) bond motifs is 12. The molecule has 0 aliphatic rings. The van der Waals surface area contributed by atoms with Gasteiger partial charge in [-0.05, 0) is 109 Å². The van der Waals surface area contributed by atoms with Crippen LogP contribution in [-0.4, -0.2) is 9.13 Å². The van der Waals surface area contributed by atoms with Gasteiger partial charge in [-0.1, -0.05) is 78.4 Å². The van der Waals surface area contributed by atoms with Crippen LogP contribution in [-0.2, 0) is 0 Å². The molecule has 0 spiro atoms. The Hall–Kier alpha value is -6.62. The van der Waals surface area contributed by atoms with Gasteiger partial charge in [0.05, 0.1) is 22.1 Å². The molecule has 8 aromatic carbocycles. The van der Waals surface area contributed by atoms with E-state index < -0.39 is 0 Å². The normalized spacial score (nSPS) is 12.2. The lowest BCUT2D eigenvalue weighted by molar-refractivity contribution is 0.669. The molecular weight excluding hydrogens is 665 g/mol. The number of rotatable bonds is 3. The molecule has 0 saturated carbocycles. The fraction of sp³-hybridized carbons (Fsp3) is 0.0204. The summed E-state index contributed by atoms with van der Waals surface area (Å²) < 4.78 is 13.8. The van der Waals surface area contributed by atoms with Crippen molar-refractivity contribution in [2.45, 2.75) is 6.92 Å². The van der Waals surface area contributed by atoms with Crippen LogP contribution < -0.4 is 0 Å². The molecule has 0 atom stereocenters. The molecule has 248 valence electrons. The zero-order valence-electron chi connectivity index (χ0n) is 28.8. The van der Waals surface area contributed by atoms with Crippen LogP contribution >= 0.6 is 11.3 Å². The Morgan fingerprint density at radius 2 is 0.849 bits per heavy atom. The molecule has 0 aliphatic heterocycles. The molecule has 0 fully saturated rings. The van der Waals surface area contributed by atoms with Crippen molar-refractivity contribution in [2.24, 2.45) is 0 Å². The van der Waals surface area contributed by atoms with E-state index in [0.29, 0.717) is 0 Å². The molecule has 4 heterocycles. The average molecular weight is 695 g/mol. The maximum atomic E-state index is 6.42. The van der Waals surface area contributed by atoms with Gasteiger partial charge in [-0.15, -0.1) is 11.3 Å². The van der Waals surface area contributed by atoms with Crippen molar-refractivity contribution in [3.8, 4) is 22.5 Å². The predicted octanol–water partition coefficient (Wildman–Crippen LogP) is 14.1.